The van der Waals surface area contributed by atoms with Gasteiger partial charge in [0.25, 0.3) is 0 Å². The van der Waals surface area contributed by atoms with E-state index < -0.39 is 5.97 Å². The first-order chi connectivity index (χ1) is 8.54. The van der Waals surface area contributed by atoms with E-state index in [1.165, 1.54) is 0 Å². The molecule has 0 atom stereocenters. The number of esters is 1. The largest absolute Gasteiger partial charge is 0.461 e. The van der Waals surface area contributed by atoms with Gasteiger partial charge in [0, 0.05) is 5.39 Å². The molecule has 1 aromatic carbocycles. The molecule has 1 heterocycles. The molecule has 4 nitrogen and oxygen atoms in total. The average Bonchev–Trinajstić information content (AvgIpc) is 2.30. The van der Waals surface area contributed by atoms with Gasteiger partial charge in [-0.3, -0.25) is 0 Å². The van der Waals surface area contributed by atoms with Gasteiger partial charge < -0.3 is 4.74 Å². The Balaban J connectivity index is 2.67. The minimum Gasteiger partial charge on any atom is -0.461 e. The van der Waals surface area contributed by atoms with E-state index in [0.717, 1.165) is 16.5 Å². The predicted octanol–water partition coefficient (Wildman–Crippen LogP) is 3.08. The predicted molar refractivity (Wildman–Crippen MR) is 70.0 cm³/mol. The van der Waals surface area contributed by atoms with Crippen molar-refractivity contribution in [2.45, 2.75) is 20.8 Å². The lowest BCUT2D eigenvalue weighted by Gasteiger charge is -2.07. The first-order valence-corrected chi connectivity index (χ1v) is 6.02. The number of halogens is 1. The molecule has 0 saturated heterocycles. The highest BCUT2D eigenvalue weighted by Crippen LogP contribution is 2.27. The number of nitrogens with zero attached hydrogens (tertiary/aromatic N) is 2. The molecule has 0 N–H and O–H groups in total. The summed E-state index contributed by atoms with van der Waals surface area (Å²) in [5.74, 6) is -0.545. The van der Waals surface area contributed by atoms with Crippen LogP contribution in [-0.2, 0) is 4.74 Å². The summed E-state index contributed by atoms with van der Waals surface area (Å²) >= 11 is 6.21. The Morgan fingerprint density at radius 2 is 2.06 bits per heavy atom. The Bertz CT molecular complexity index is 626. The number of fused-ring (bicyclic) bond motifs is 1. The molecule has 1 aromatic heterocycles. The highest BCUT2D eigenvalue weighted by atomic mass is 35.5. The Hall–Kier alpha value is -1.68. The van der Waals surface area contributed by atoms with Gasteiger partial charge in [-0.05, 0) is 32.4 Å². The minimum absolute atomic E-state index is 0.0658. The van der Waals surface area contributed by atoms with Crippen LogP contribution in [-0.4, -0.2) is 22.8 Å². The number of hydrogen-bond acceptors (Lipinski definition) is 4. The zero-order valence-corrected chi connectivity index (χ0v) is 11.2. The van der Waals surface area contributed by atoms with E-state index in [1.807, 2.05) is 26.0 Å². The number of benzene rings is 1. The van der Waals surface area contributed by atoms with Crippen LogP contribution in [0.4, 0.5) is 0 Å². The maximum absolute atomic E-state index is 11.7. The van der Waals surface area contributed by atoms with Crippen molar-refractivity contribution in [2.75, 3.05) is 6.61 Å². The number of aromatic nitrogens is 2. The van der Waals surface area contributed by atoms with Crippen LogP contribution in [0.5, 0.6) is 0 Å². The molecule has 18 heavy (non-hydrogen) atoms. The van der Waals surface area contributed by atoms with E-state index in [2.05, 4.69) is 10.2 Å². The number of hydrogen-bond donors (Lipinski definition) is 0. The maximum atomic E-state index is 11.7. The molecule has 0 aliphatic heterocycles. The van der Waals surface area contributed by atoms with Crippen LogP contribution < -0.4 is 0 Å². The van der Waals surface area contributed by atoms with Gasteiger partial charge in [-0.2, -0.15) is 0 Å². The fourth-order valence-electron chi connectivity index (χ4n) is 1.86. The fraction of sp³-hybridized carbons (Fsp3) is 0.308. The Morgan fingerprint density at radius 1 is 1.33 bits per heavy atom. The number of aryl methyl sites for hydroxylation is 2. The van der Waals surface area contributed by atoms with Crippen LogP contribution in [0.25, 0.3) is 10.9 Å². The van der Waals surface area contributed by atoms with Gasteiger partial charge in [0.05, 0.1) is 17.1 Å². The number of rotatable bonds is 2. The van der Waals surface area contributed by atoms with Crippen molar-refractivity contribution >= 4 is 28.5 Å². The zero-order valence-electron chi connectivity index (χ0n) is 10.5. The summed E-state index contributed by atoms with van der Waals surface area (Å²) in [6, 6.07) is 3.89. The molecule has 0 aliphatic rings. The molecule has 0 radical (unpaired) electrons. The lowest BCUT2D eigenvalue weighted by Crippen LogP contribution is -2.09. The van der Waals surface area contributed by atoms with E-state index >= 15 is 0 Å². The fourth-order valence-corrected chi connectivity index (χ4v) is 2.12. The summed E-state index contributed by atoms with van der Waals surface area (Å²) in [5, 5.41) is 8.94. The van der Waals surface area contributed by atoms with Crippen LogP contribution in [0.15, 0.2) is 12.1 Å². The first kappa shape index (κ1) is 12.8. The van der Waals surface area contributed by atoms with Gasteiger partial charge in [-0.1, -0.05) is 23.2 Å². The van der Waals surface area contributed by atoms with Crippen LogP contribution >= 0.6 is 11.6 Å². The molecule has 2 rings (SSSR count). The molecule has 0 aliphatic carbocycles. The Labute approximate surface area is 110 Å². The van der Waals surface area contributed by atoms with Crippen LogP contribution in [0, 0.1) is 13.8 Å². The van der Waals surface area contributed by atoms with Gasteiger partial charge in [0.2, 0.25) is 0 Å². The second kappa shape index (κ2) is 4.90. The summed E-state index contributed by atoms with van der Waals surface area (Å²) in [4.78, 5) is 11.7. The quantitative estimate of drug-likeness (QED) is 0.782. The summed E-state index contributed by atoms with van der Waals surface area (Å²) in [5.41, 5.74) is 2.81. The van der Waals surface area contributed by atoms with Gasteiger partial charge in [-0.15, -0.1) is 10.2 Å². The molecule has 0 saturated carbocycles. The zero-order chi connectivity index (χ0) is 13.3. The number of ether oxygens (including phenoxy) is 1. The summed E-state index contributed by atoms with van der Waals surface area (Å²) in [6.45, 7) is 5.91. The number of carbonyl (C=O) groups excluding carboxylic acids is 1. The number of carbonyl (C=O) groups is 1. The monoisotopic (exact) mass is 264 g/mol. The smallest absolute Gasteiger partial charge is 0.360 e. The molecule has 0 amide bonds. The SMILES string of the molecule is CCOC(=O)c1nnc2c(C)cc(C)cc2c1Cl. The van der Waals surface area contributed by atoms with Crippen LogP contribution in [0.2, 0.25) is 5.02 Å². The van der Waals surface area contributed by atoms with E-state index in [1.54, 1.807) is 6.92 Å². The molecule has 0 bridgehead atoms. The average molecular weight is 265 g/mol. The lowest BCUT2D eigenvalue weighted by molar-refractivity contribution is 0.0518. The molecule has 5 heteroatoms. The molecular formula is C13H13ClN2O2. The van der Waals surface area contributed by atoms with Crippen molar-refractivity contribution in [1.82, 2.24) is 10.2 Å². The third-order valence-electron chi connectivity index (χ3n) is 2.61. The molecular weight excluding hydrogens is 252 g/mol. The highest BCUT2D eigenvalue weighted by molar-refractivity contribution is 6.37. The summed E-state index contributed by atoms with van der Waals surface area (Å²) in [6.07, 6.45) is 0. The van der Waals surface area contributed by atoms with Gasteiger partial charge in [-0.25, -0.2) is 4.79 Å². The van der Waals surface area contributed by atoms with Crippen molar-refractivity contribution in [3.8, 4) is 0 Å². The summed E-state index contributed by atoms with van der Waals surface area (Å²) in [7, 11) is 0. The standard InChI is InChI=1S/C13H13ClN2O2/c1-4-18-13(17)12-10(14)9-6-7(2)5-8(3)11(9)15-16-12/h5-6H,4H2,1-3H3. The van der Waals surface area contributed by atoms with Gasteiger partial charge >= 0.3 is 5.97 Å². The first-order valence-electron chi connectivity index (χ1n) is 5.64. The van der Waals surface area contributed by atoms with Crippen LogP contribution in [0.3, 0.4) is 0 Å². The summed E-state index contributed by atoms with van der Waals surface area (Å²) < 4.78 is 4.89. The molecule has 0 unspecified atom stereocenters. The van der Waals surface area contributed by atoms with Crippen molar-refractivity contribution in [2.24, 2.45) is 0 Å². The van der Waals surface area contributed by atoms with Crippen molar-refractivity contribution < 1.29 is 9.53 Å². The van der Waals surface area contributed by atoms with Crippen LogP contribution in [0.1, 0.15) is 28.5 Å². The molecule has 94 valence electrons. The highest BCUT2D eigenvalue weighted by Gasteiger charge is 2.18. The minimum atomic E-state index is -0.545. The lowest BCUT2D eigenvalue weighted by atomic mass is 10.1. The molecule has 2 aromatic rings. The topological polar surface area (TPSA) is 52.1 Å². The van der Waals surface area contributed by atoms with E-state index in [4.69, 9.17) is 16.3 Å². The third kappa shape index (κ3) is 2.16. The second-order valence-electron chi connectivity index (χ2n) is 4.06. The molecule has 0 fully saturated rings. The normalized spacial score (nSPS) is 10.7. The van der Waals surface area contributed by atoms with Crippen molar-refractivity contribution in [3.05, 3.63) is 34.0 Å². The maximum Gasteiger partial charge on any atom is 0.360 e. The van der Waals surface area contributed by atoms with Gasteiger partial charge in [0.1, 0.15) is 0 Å². The second-order valence-corrected chi connectivity index (χ2v) is 4.44. The Kier molecular flexibility index (Phi) is 3.48. The van der Waals surface area contributed by atoms with Crippen molar-refractivity contribution in [1.29, 1.82) is 0 Å². The van der Waals surface area contributed by atoms with E-state index in [0.29, 0.717) is 10.5 Å². The van der Waals surface area contributed by atoms with Crippen molar-refractivity contribution in [3.63, 3.8) is 0 Å². The third-order valence-corrected chi connectivity index (χ3v) is 2.99. The van der Waals surface area contributed by atoms with E-state index in [-0.39, 0.29) is 12.3 Å². The van der Waals surface area contributed by atoms with Gasteiger partial charge in [0.15, 0.2) is 5.69 Å². The van der Waals surface area contributed by atoms with E-state index in [9.17, 15) is 4.79 Å². The Morgan fingerprint density at radius 3 is 2.72 bits per heavy atom. The molecule has 0 spiro atoms.